The van der Waals surface area contributed by atoms with Crippen LogP contribution in [0, 0.1) is 0 Å². The number of nitrogens with one attached hydrogen (secondary N) is 2. The Balaban J connectivity index is 1.75. The van der Waals surface area contributed by atoms with Crippen molar-refractivity contribution in [2.45, 2.75) is 38.8 Å². The molecule has 0 radical (unpaired) electrons. The standard InChI is InChI=1S/C20H25N7/c1-3-5-16(20-23-10-11-27(20)2)24-19-15-7-9-22-13-17(15)25-18(26-19)14-6-4-8-21-12-14/h4,6,8,10-12,16,22H,3,5,7,9,13H2,1-2H3,(H,24,25,26)/t16-/m0/s1. The van der Waals surface area contributed by atoms with E-state index in [2.05, 4.69) is 32.1 Å². The first-order chi connectivity index (χ1) is 13.3. The minimum absolute atomic E-state index is 0.116. The summed E-state index contributed by atoms with van der Waals surface area (Å²) >= 11 is 0. The van der Waals surface area contributed by atoms with E-state index < -0.39 is 0 Å². The second-order valence-electron chi connectivity index (χ2n) is 6.87. The van der Waals surface area contributed by atoms with E-state index in [1.54, 1.807) is 6.20 Å². The Kier molecular flexibility index (Phi) is 5.11. The average molecular weight is 363 g/mol. The first-order valence-corrected chi connectivity index (χ1v) is 9.51. The normalized spacial score (nSPS) is 14.6. The highest BCUT2D eigenvalue weighted by Crippen LogP contribution is 2.29. The van der Waals surface area contributed by atoms with Crippen molar-refractivity contribution in [3.63, 3.8) is 0 Å². The quantitative estimate of drug-likeness (QED) is 0.701. The van der Waals surface area contributed by atoms with Gasteiger partial charge in [-0.15, -0.1) is 0 Å². The molecule has 3 aromatic heterocycles. The molecule has 0 aromatic carbocycles. The van der Waals surface area contributed by atoms with Crippen molar-refractivity contribution in [3.05, 3.63) is 54.0 Å². The van der Waals surface area contributed by atoms with Crippen molar-refractivity contribution in [3.8, 4) is 11.4 Å². The van der Waals surface area contributed by atoms with Crippen molar-refractivity contribution in [2.75, 3.05) is 11.9 Å². The fourth-order valence-corrected chi connectivity index (χ4v) is 3.54. The molecule has 0 fully saturated rings. The summed E-state index contributed by atoms with van der Waals surface area (Å²) < 4.78 is 2.07. The van der Waals surface area contributed by atoms with E-state index in [-0.39, 0.29) is 6.04 Å². The molecule has 0 saturated heterocycles. The summed E-state index contributed by atoms with van der Waals surface area (Å²) in [6, 6.07) is 4.03. The SMILES string of the molecule is CCC[C@H](Nc1nc(-c2cccnc2)nc2c1CCNC2)c1nccn1C. The molecular formula is C20H25N7. The third-order valence-electron chi connectivity index (χ3n) is 4.92. The van der Waals surface area contributed by atoms with Crippen LogP contribution in [-0.4, -0.2) is 31.0 Å². The van der Waals surface area contributed by atoms with Crippen LogP contribution in [0.1, 0.15) is 42.9 Å². The van der Waals surface area contributed by atoms with Gasteiger partial charge in [-0.2, -0.15) is 0 Å². The Morgan fingerprint density at radius 1 is 1.30 bits per heavy atom. The largest absolute Gasteiger partial charge is 0.360 e. The molecule has 4 heterocycles. The molecule has 1 aliphatic rings. The van der Waals surface area contributed by atoms with Crippen molar-refractivity contribution in [1.29, 1.82) is 0 Å². The number of hydrogen-bond donors (Lipinski definition) is 2. The minimum Gasteiger partial charge on any atom is -0.360 e. The van der Waals surface area contributed by atoms with Gasteiger partial charge in [0, 0.05) is 49.5 Å². The van der Waals surface area contributed by atoms with Gasteiger partial charge in [0.15, 0.2) is 5.82 Å². The predicted molar refractivity (Wildman–Crippen MR) is 105 cm³/mol. The molecule has 0 bridgehead atoms. The van der Waals surface area contributed by atoms with Crippen molar-refractivity contribution >= 4 is 5.82 Å². The van der Waals surface area contributed by atoms with Gasteiger partial charge in [0.25, 0.3) is 0 Å². The molecule has 0 spiro atoms. The summed E-state index contributed by atoms with van der Waals surface area (Å²) in [5, 5.41) is 7.09. The maximum Gasteiger partial charge on any atom is 0.163 e. The second kappa shape index (κ2) is 7.84. The molecule has 140 valence electrons. The zero-order chi connectivity index (χ0) is 18.6. The molecule has 7 nitrogen and oxygen atoms in total. The average Bonchev–Trinajstić information content (AvgIpc) is 3.14. The van der Waals surface area contributed by atoms with Gasteiger partial charge < -0.3 is 15.2 Å². The second-order valence-corrected chi connectivity index (χ2v) is 6.87. The van der Waals surface area contributed by atoms with E-state index >= 15 is 0 Å². The Morgan fingerprint density at radius 2 is 2.22 bits per heavy atom. The fourth-order valence-electron chi connectivity index (χ4n) is 3.54. The number of rotatable bonds is 6. The lowest BCUT2D eigenvalue weighted by Crippen LogP contribution is -2.27. The molecule has 0 aliphatic carbocycles. The number of imidazole rings is 1. The highest BCUT2D eigenvalue weighted by atomic mass is 15.1. The first-order valence-electron chi connectivity index (χ1n) is 9.51. The van der Waals surface area contributed by atoms with Crippen LogP contribution in [0.3, 0.4) is 0 Å². The number of hydrogen-bond acceptors (Lipinski definition) is 6. The smallest absolute Gasteiger partial charge is 0.163 e. The first kappa shape index (κ1) is 17.6. The molecule has 2 N–H and O–H groups in total. The number of fused-ring (bicyclic) bond motifs is 1. The van der Waals surface area contributed by atoms with Crippen LogP contribution < -0.4 is 10.6 Å². The Labute approximate surface area is 159 Å². The maximum atomic E-state index is 4.89. The lowest BCUT2D eigenvalue weighted by atomic mass is 10.0. The van der Waals surface area contributed by atoms with Crippen LogP contribution in [0.25, 0.3) is 11.4 Å². The molecule has 0 saturated carbocycles. The summed E-state index contributed by atoms with van der Waals surface area (Å²) in [6.07, 6.45) is 10.4. The number of pyridine rings is 1. The topological polar surface area (TPSA) is 80.6 Å². The highest BCUT2D eigenvalue weighted by molar-refractivity contribution is 5.59. The fraction of sp³-hybridized carbons (Fsp3) is 0.400. The van der Waals surface area contributed by atoms with Gasteiger partial charge in [0.1, 0.15) is 11.6 Å². The summed E-state index contributed by atoms with van der Waals surface area (Å²) in [4.78, 5) is 18.5. The molecule has 4 rings (SSSR count). The van der Waals surface area contributed by atoms with Gasteiger partial charge in [-0.3, -0.25) is 4.98 Å². The van der Waals surface area contributed by atoms with Crippen LogP contribution >= 0.6 is 0 Å². The number of aryl methyl sites for hydroxylation is 1. The number of aromatic nitrogens is 5. The Bertz CT molecular complexity index is 904. The van der Waals surface area contributed by atoms with Crippen LogP contribution in [0.5, 0.6) is 0 Å². The van der Waals surface area contributed by atoms with E-state index in [1.807, 2.05) is 37.8 Å². The van der Waals surface area contributed by atoms with Crippen LogP contribution in [0.2, 0.25) is 0 Å². The molecule has 1 aliphatic heterocycles. The minimum atomic E-state index is 0.116. The molecule has 3 aromatic rings. The monoisotopic (exact) mass is 363 g/mol. The highest BCUT2D eigenvalue weighted by Gasteiger charge is 2.22. The Hall–Kier alpha value is -2.80. The van der Waals surface area contributed by atoms with Crippen LogP contribution in [0.4, 0.5) is 5.82 Å². The number of anilines is 1. The summed E-state index contributed by atoms with van der Waals surface area (Å²) in [6.45, 7) is 3.90. The zero-order valence-electron chi connectivity index (χ0n) is 15.8. The zero-order valence-corrected chi connectivity index (χ0v) is 15.8. The number of nitrogens with zero attached hydrogens (tertiary/aromatic N) is 5. The van der Waals surface area contributed by atoms with E-state index in [0.29, 0.717) is 5.82 Å². The molecular weight excluding hydrogens is 338 g/mol. The van der Waals surface area contributed by atoms with Gasteiger partial charge in [-0.25, -0.2) is 15.0 Å². The van der Waals surface area contributed by atoms with Crippen molar-refractivity contribution < 1.29 is 0 Å². The third-order valence-corrected chi connectivity index (χ3v) is 4.92. The van der Waals surface area contributed by atoms with Gasteiger partial charge in [-0.1, -0.05) is 13.3 Å². The van der Waals surface area contributed by atoms with Crippen LogP contribution in [0.15, 0.2) is 36.9 Å². The lowest BCUT2D eigenvalue weighted by molar-refractivity contribution is 0.600. The maximum absolute atomic E-state index is 4.89. The Morgan fingerprint density at radius 3 is 2.96 bits per heavy atom. The van der Waals surface area contributed by atoms with Crippen molar-refractivity contribution in [1.82, 2.24) is 29.8 Å². The van der Waals surface area contributed by atoms with Gasteiger partial charge in [0.2, 0.25) is 0 Å². The summed E-state index contributed by atoms with van der Waals surface area (Å²) in [7, 11) is 2.03. The van der Waals surface area contributed by atoms with E-state index in [0.717, 1.165) is 55.3 Å². The van der Waals surface area contributed by atoms with E-state index in [1.165, 1.54) is 5.56 Å². The molecule has 0 unspecified atom stereocenters. The van der Waals surface area contributed by atoms with Crippen LogP contribution in [-0.2, 0) is 20.0 Å². The van der Waals surface area contributed by atoms with Gasteiger partial charge >= 0.3 is 0 Å². The van der Waals surface area contributed by atoms with Gasteiger partial charge in [0.05, 0.1) is 11.7 Å². The van der Waals surface area contributed by atoms with E-state index in [9.17, 15) is 0 Å². The summed E-state index contributed by atoms with van der Waals surface area (Å²) in [5.41, 5.74) is 3.20. The lowest BCUT2D eigenvalue weighted by Gasteiger charge is -2.24. The van der Waals surface area contributed by atoms with Gasteiger partial charge in [-0.05, 0) is 31.5 Å². The predicted octanol–water partition coefficient (Wildman–Crippen LogP) is 2.87. The third kappa shape index (κ3) is 3.68. The van der Waals surface area contributed by atoms with Crippen molar-refractivity contribution in [2.24, 2.45) is 7.05 Å². The molecule has 0 amide bonds. The summed E-state index contributed by atoms with van der Waals surface area (Å²) in [5.74, 6) is 2.66. The van der Waals surface area contributed by atoms with E-state index in [4.69, 9.17) is 9.97 Å². The molecule has 7 heteroatoms. The molecule has 1 atom stereocenters. The molecule has 27 heavy (non-hydrogen) atoms.